The third-order valence-corrected chi connectivity index (χ3v) is 2.59. The number of aryl methyl sites for hydroxylation is 1. The molecule has 4 heteroatoms. The van der Waals surface area contributed by atoms with E-state index in [1.165, 1.54) is 11.8 Å². The summed E-state index contributed by atoms with van der Waals surface area (Å²) in [6, 6.07) is 10.1. The highest BCUT2D eigenvalue weighted by Gasteiger charge is 2.06. The fourth-order valence-electron chi connectivity index (χ4n) is 1.77. The van der Waals surface area contributed by atoms with Crippen LogP contribution in [0.2, 0.25) is 0 Å². The first kappa shape index (κ1) is 12.1. The highest BCUT2D eigenvalue weighted by atomic mass is 15.0. The maximum Gasteiger partial charge on any atom is 0.183 e. The van der Waals surface area contributed by atoms with Gasteiger partial charge in [-0.15, -0.1) is 0 Å². The van der Waals surface area contributed by atoms with Crippen LogP contribution in [0.5, 0.6) is 0 Å². The average Bonchev–Trinajstić information content (AvgIpc) is 2.42. The highest BCUT2D eigenvalue weighted by molar-refractivity contribution is 5.63. The maximum atomic E-state index is 8.98. The molecule has 2 aromatic rings. The molecule has 2 rings (SSSR count). The molecule has 0 spiro atoms. The van der Waals surface area contributed by atoms with Crippen LogP contribution in [0.25, 0.3) is 0 Å². The maximum absolute atomic E-state index is 8.98. The van der Waals surface area contributed by atoms with Crippen LogP contribution in [-0.2, 0) is 6.42 Å². The van der Waals surface area contributed by atoms with E-state index in [4.69, 9.17) is 5.26 Å². The van der Waals surface area contributed by atoms with Crippen LogP contribution in [0.1, 0.15) is 24.6 Å². The van der Waals surface area contributed by atoms with E-state index in [9.17, 15) is 0 Å². The molecule has 0 aliphatic rings. The van der Waals surface area contributed by atoms with Gasteiger partial charge in [0.1, 0.15) is 6.07 Å². The first-order valence-electron chi connectivity index (χ1n) is 5.91. The standard InChI is InChI=1S/C14H14N4/c1-2-5-11-6-3-4-7-12(11)18-14-13(10-15)16-8-9-17-14/h3-4,6-9H,2,5H2,1H3,(H,17,18). The molecule has 0 atom stereocenters. The number of hydrogen-bond acceptors (Lipinski definition) is 4. The van der Waals surface area contributed by atoms with Gasteiger partial charge in [-0.05, 0) is 18.1 Å². The zero-order chi connectivity index (χ0) is 12.8. The number of nitrogens with zero attached hydrogens (tertiary/aromatic N) is 3. The van der Waals surface area contributed by atoms with Gasteiger partial charge in [0.2, 0.25) is 0 Å². The fourth-order valence-corrected chi connectivity index (χ4v) is 1.77. The van der Waals surface area contributed by atoms with Crippen molar-refractivity contribution in [1.29, 1.82) is 5.26 Å². The van der Waals surface area contributed by atoms with Gasteiger partial charge in [-0.25, -0.2) is 9.97 Å². The van der Waals surface area contributed by atoms with Gasteiger partial charge in [0.05, 0.1) is 0 Å². The summed E-state index contributed by atoms with van der Waals surface area (Å²) in [5.74, 6) is 0.503. The molecule has 1 N–H and O–H groups in total. The largest absolute Gasteiger partial charge is 0.338 e. The van der Waals surface area contributed by atoms with Gasteiger partial charge in [-0.1, -0.05) is 31.5 Å². The van der Waals surface area contributed by atoms with E-state index in [0.717, 1.165) is 18.5 Å². The number of benzene rings is 1. The Balaban J connectivity index is 2.31. The number of nitriles is 1. The lowest BCUT2D eigenvalue weighted by Crippen LogP contribution is -2.01. The quantitative estimate of drug-likeness (QED) is 0.889. The monoisotopic (exact) mass is 238 g/mol. The number of anilines is 2. The van der Waals surface area contributed by atoms with Crippen molar-refractivity contribution >= 4 is 11.5 Å². The lowest BCUT2D eigenvalue weighted by Gasteiger charge is -2.11. The Hall–Kier alpha value is -2.41. The summed E-state index contributed by atoms with van der Waals surface area (Å²) in [6.07, 6.45) is 5.16. The summed E-state index contributed by atoms with van der Waals surface area (Å²) in [6.45, 7) is 2.14. The minimum absolute atomic E-state index is 0.309. The lowest BCUT2D eigenvalue weighted by atomic mass is 10.1. The van der Waals surface area contributed by atoms with Gasteiger partial charge in [-0.3, -0.25) is 0 Å². The van der Waals surface area contributed by atoms with E-state index >= 15 is 0 Å². The Morgan fingerprint density at radius 3 is 2.78 bits per heavy atom. The number of hydrogen-bond donors (Lipinski definition) is 1. The first-order valence-corrected chi connectivity index (χ1v) is 5.91. The van der Waals surface area contributed by atoms with Crippen LogP contribution in [0.15, 0.2) is 36.7 Å². The molecule has 0 aliphatic heterocycles. The second kappa shape index (κ2) is 5.78. The van der Waals surface area contributed by atoms with E-state index in [1.807, 2.05) is 24.3 Å². The van der Waals surface area contributed by atoms with Crippen molar-refractivity contribution in [2.24, 2.45) is 0 Å². The van der Waals surface area contributed by atoms with Crippen molar-refractivity contribution in [3.8, 4) is 6.07 Å². The minimum atomic E-state index is 0.309. The van der Waals surface area contributed by atoms with Crippen LogP contribution < -0.4 is 5.32 Å². The second-order valence-corrected chi connectivity index (χ2v) is 3.90. The normalized spacial score (nSPS) is 9.78. The molecule has 1 aromatic heterocycles. The summed E-state index contributed by atoms with van der Waals surface area (Å²) in [5.41, 5.74) is 2.51. The molecule has 0 fully saturated rings. The van der Waals surface area contributed by atoms with Crippen molar-refractivity contribution in [3.63, 3.8) is 0 Å². The molecule has 0 aliphatic carbocycles. The predicted molar refractivity (Wildman–Crippen MR) is 70.5 cm³/mol. The van der Waals surface area contributed by atoms with Crippen molar-refractivity contribution in [2.75, 3.05) is 5.32 Å². The Bertz CT molecular complexity index is 572. The SMILES string of the molecule is CCCc1ccccc1Nc1nccnc1C#N. The fraction of sp³-hybridized carbons (Fsp3) is 0.214. The van der Waals surface area contributed by atoms with Gasteiger partial charge in [0.25, 0.3) is 0 Å². The summed E-state index contributed by atoms with van der Waals surface area (Å²) in [7, 11) is 0. The van der Waals surface area contributed by atoms with Crippen molar-refractivity contribution in [1.82, 2.24) is 9.97 Å². The number of nitrogens with one attached hydrogen (secondary N) is 1. The molecule has 0 unspecified atom stereocenters. The van der Waals surface area contributed by atoms with Crippen LogP contribution >= 0.6 is 0 Å². The van der Waals surface area contributed by atoms with Gasteiger partial charge in [-0.2, -0.15) is 5.26 Å². The molecule has 0 radical (unpaired) electrons. The average molecular weight is 238 g/mol. The van der Waals surface area contributed by atoms with Crippen LogP contribution in [-0.4, -0.2) is 9.97 Å². The molecule has 90 valence electrons. The molecule has 1 heterocycles. The van der Waals surface area contributed by atoms with Crippen LogP contribution in [0.4, 0.5) is 11.5 Å². The van der Waals surface area contributed by atoms with E-state index in [1.54, 1.807) is 6.20 Å². The lowest BCUT2D eigenvalue weighted by molar-refractivity contribution is 0.923. The third kappa shape index (κ3) is 2.64. The van der Waals surface area contributed by atoms with Gasteiger partial charge in [0.15, 0.2) is 11.5 Å². The molecule has 0 saturated carbocycles. The zero-order valence-electron chi connectivity index (χ0n) is 10.2. The molecule has 4 nitrogen and oxygen atoms in total. The second-order valence-electron chi connectivity index (χ2n) is 3.90. The number of aromatic nitrogens is 2. The molecule has 18 heavy (non-hydrogen) atoms. The Morgan fingerprint density at radius 1 is 1.22 bits per heavy atom. The highest BCUT2D eigenvalue weighted by Crippen LogP contribution is 2.21. The molecule has 0 saturated heterocycles. The number of para-hydroxylation sites is 1. The van der Waals surface area contributed by atoms with Crippen LogP contribution in [0, 0.1) is 11.3 Å². The van der Waals surface area contributed by atoms with E-state index in [-0.39, 0.29) is 0 Å². The molecule has 1 aromatic carbocycles. The van der Waals surface area contributed by atoms with E-state index < -0.39 is 0 Å². The molecule has 0 amide bonds. The molecular weight excluding hydrogens is 224 g/mol. The topological polar surface area (TPSA) is 61.6 Å². The predicted octanol–water partition coefficient (Wildman–Crippen LogP) is 3.04. The van der Waals surface area contributed by atoms with Gasteiger partial charge < -0.3 is 5.32 Å². The van der Waals surface area contributed by atoms with E-state index in [0.29, 0.717) is 11.5 Å². The summed E-state index contributed by atoms with van der Waals surface area (Å²) in [5, 5.41) is 12.2. The van der Waals surface area contributed by atoms with E-state index in [2.05, 4.69) is 28.3 Å². The molecule has 0 bridgehead atoms. The van der Waals surface area contributed by atoms with Crippen molar-refractivity contribution in [2.45, 2.75) is 19.8 Å². The van der Waals surface area contributed by atoms with Gasteiger partial charge in [0, 0.05) is 18.1 Å². The minimum Gasteiger partial charge on any atom is -0.338 e. The van der Waals surface area contributed by atoms with Crippen molar-refractivity contribution in [3.05, 3.63) is 47.9 Å². The molecular formula is C14H14N4. The number of rotatable bonds is 4. The Kier molecular flexibility index (Phi) is 3.87. The van der Waals surface area contributed by atoms with Gasteiger partial charge >= 0.3 is 0 Å². The smallest absolute Gasteiger partial charge is 0.183 e. The summed E-state index contributed by atoms with van der Waals surface area (Å²) >= 11 is 0. The van der Waals surface area contributed by atoms with Crippen molar-refractivity contribution < 1.29 is 0 Å². The summed E-state index contributed by atoms with van der Waals surface area (Å²) in [4.78, 5) is 8.13. The first-order chi connectivity index (χ1) is 8.85. The Labute approximate surface area is 106 Å². The summed E-state index contributed by atoms with van der Waals surface area (Å²) < 4.78 is 0. The van der Waals surface area contributed by atoms with Crippen LogP contribution in [0.3, 0.4) is 0 Å². The zero-order valence-corrected chi connectivity index (χ0v) is 10.2. The Morgan fingerprint density at radius 2 is 2.00 bits per heavy atom. The third-order valence-electron chi connectivity index (χ3n) is 2.59.